The van der Waals surface area contributed by atoms with Crippen molar-refractivity contribution in [3.05, 3.63) is 66.5 Å². The molecular formula is C18H19N. The first-order valence-electron chi connectivity index (χ1n) is 7.09. The summed E-state index contributed by atoms with van der Waals surface area (Å²) >= 11 is 0. The molecule has 1 heteroatoms. The highest BCUT2D eigenvalue weighted by Gasteiger charge is 2.13. The van der Waals surface area contributed by atoms with Crippen LogP contribution in [0.1, 0.15) is 25.0 Å². The molecule has 2 aromatic rings. The molecule has 1 aliphatic rings. The molecule has 0 unspecified atom stereocenters. The summed E-state index contributed by atoms with van der Waals surface area (Å²) in [4.78, 5) is 4.62. The largest absolute Gasteiger partial charge is 0.261 e. The molecule has 1 aromatic heterocycles. The van der Waals surface area contributed by atoms with E-state index in [0.717, 1.165) is 6.42 Å². The summed E-state index contributed by atoms with van der Waals surface area (Å²) in [6.07, 6.45) is 11.5. The lowest BCUT2D eigenvalue weighted by Crippen LogP contribution is -2.07. The zero-order valence-electron chi connectivity index (χ0n) is 11.1. The summed E-state index contributed by atoms with van der Waals surface area (Å²) < 4.78 is 0. The first-order valence-corrected chi connectivity index (χ1v) is 7.09. The van der Waals surface area contributed by atoms with Crippen molar-refractivity contribution in [2.45, 2.75) is 25.7 Å². The second kappa shape index (κ2) is 5.83. The normalized spacial score (nSPS) is 18.4. The SMILES string of the molecule is C1=C[C@H](Cc2ncccc2-c2ccccc2)CCC1. The lowest BCUT2D eigenvalue weighted by atomic mass is 9.89. The van der Waals surface area contributed by atoms with Gasteiger partial charge in [0.05, 0.1) is 0 Å². The monoisotopic (exact) mass is 249 g/mol. The van der Waals surface area contributed by atoms with Gasteiger partial charge in [-0.2, -0.15) is 0 Å². The summed E-state index contributed by atoms with van der Waals surface area (Å²) in [6.45, 7) is 0. The van der Waals surface area contributed by atoms with E-state index in [2.05, 4.69) is 53.5 Å². The molecule has 0 bridgehead atoms. The molecule has 1 aromatic carbocycles. The zero-order chi connectivity index (χ0) is 12.9. The second-order valence-electron chi connectivity index (χ2n) is 5.19. The summed E-state index contributed by atoms with van der Waals surface area (Å²) in [5.74, 6) is 0.658. The Labute approximate surface area is 115 Å². The highest BCUT2D eigenvalue weighted by molar-refractivity contribution is 5.65. The highest BCUT2D eigenvalue weighted by Crippen LogP contribution is 2.27. The van der Waals surface area contributed by atoms with E-state index >= 15 is 0 Å². The molecular weight excluding hydrogens is 230 g/mol. The quantitative estimate of drug-likeness (QED) is 0.722. The molecule has 0 N–H and O–H groups in total. The molecule has 0 aliphatic heterocycles. The maximum absolute atomic E-state index is 4.62. The van der Waals surface area contributed by atoms with Gasteiger partial charge in [-0.1, -0.05) is 48.6 Å². The van der Waals surface area contributed by atoms with Gasteiger partial charge in [-0.15, -0.1) is 0 Å². The Morgan fingerprint density at radius 3 is 2.74 bits per heavy atom. The lowest BCUT2D eigenvalue weighted by Gasteiger charge is -2.17. The van der Waals surface area contributed by atoms with Gasteiger partial charge in [0.25, 0.3) is 0 Å². The summed E-state index contributed by atoms with van der Waals surface area (Å²) in [7, 11) is 0. The van der Waals surface area contributed by atoms with E-state index in [1.807, 2.05) is 12.3 Å². The van der Waals surface area contributed by atoms with E-state index in [1.54, 1.807) is 0 Å². The standard InChI is InChI=1S/C18H19N/c1-3-8-15(9-4-1)14-18-17(12-7-13-19-18)16-10-5-2-6-11-16/h2-3,5-8,10-13,15H,1,4,9,14H2/t15-/m0/s1. The number of aromatic nitrogens is 1. The van der Waals surface area contributed by atoms with Crippen molar-refractivity contribution < 1.29 is 0 Å². The Hall–Kier alpha value is -1.89. The predicted octanol–water partition coefficient (Wildman–Crippen LogP) is 4.65. The number of rotatable bonds is 3. The first-order chi connectivity index (χ1) is 9.43. The summed E-state index contributed by atoms with van der Waals surface area (Å²) in [5.41, 5.74) is 3.78. The van der Waals surface area contributed by atoms with Gasteiger partial charge in [-0.25, -0.2) is 0 Å². The van der Waals surface area contributed by atoms with E-state index < -0.39 is 0 Å². The molecule has 0 saturated carbocycles. The predicted molar refractivity (Wildman–Crippen MR) is 79.9 cm³/mol. The van der Waals surface area contributed by atoms with Crippen molar-refractivity contribution in [3.63, 3.8) is 0 Å². The average Bonchev–Trinajstić information content (AvgIpc) is 2.50. The minimum atomic E-state index is 0.658. The summed E-state index contributed by atoms with van der Waals surface area (Å²) in [6, 6.07) is 14.8. The Morgan fingerprint density at radius 1 is 1.05 bits per heavy atom. The second-order valence-corrected chi connectivity index (χ2v) is 5.19. The van der Waals surface area contributed by atoms with Gasteiger partial charge < -0.3 is 0 Å². The number of pyridine rings is 1. The highest BCUT2D eigenvalue weighted by atomic mass is 14.7. The van der Waals surface area contributed by atoms with Crippen molar-refractivity contribution in [1.29, 1.82) is 0 Å². The number of allylic oxidation sites excluding steroid dienone is 2. The number of hydrogen-bond donors (Lipinski definition) is 0. The minimum Gasteiger partial charge on any atom is -0.261 e. The Kier molecular flexibility index (Phi) is 3.73. The number of hydrogen-bond acceptors (Lipinski definition) is 1. The van der Waals surface area contributed by atoms with Crippen molar-refractivity contribution in [1.82, 2.24) is 4.98 Å². The molecule has 96 valence electrons. The van der Waals surface area contributed by atoms with Gasteiger partial charge in [0, 0.05) is 17.5 Å². The van der Waals surface area contributed by atoms with Crippen LogP contribution in [-0.2, 0) is 6.42 Å². The van der Waals surface area contributed by atoms with Crippen LogP contribution in [0.5, 0.6) is 0 Å². The molecule has 1 nitrogen and oxygen atoms in total. The van der Waals surface area contributed by atoms with Crippen LogP contribution in [0.2, 0.25) is 0 Å². The lowest BCUT2D eigenvalue weighted by molar-refractivity contribution is 0.534. The molecule has 0 spiro atoms. The molecule has 3 rings (SSSR count). The molecule has 0 fully saturated rings. The fourth-order valence-corrected chi connectivity index (χ4v) is 2.78. The van der Waals surface area contributed by atoms with Crippen molar-refractivity contribution in [3.8, 4) is 11.1 Å². The molecule has 19 heavy (non-hydrogen) atoms. The van der Waals surface area contributed by atoms with Crippen LogP contribution in [0.15, 0.2) is 60.8 Å². The van der Waals surface area contributed by atoms with Crippen LogP contribution in [0.25, 0.3) is 11.1 Å². The van der Waals surface area contributed by atoms with E-state index in [4.69, 9.17) is 0 Å². The molecule has 0 radical (unpaired) electrons. The van der Waals surface area contributed by atoms with Crippen LogP contribution >= 0.6 is 0 Å². The number of benzene rings is 1. The van der Waals surface area contributed by atoms with Crippen molar-refractivity contribution >= 4 is 0 Å². The van der Waals surface area contributed by atoms with Gasteiger partial charge >= 0.3 is 0 Å². The third-order valence-corrected chi connectivity index (χ3v) is 3.78. The fraction of sp³-hybridized carbons (Fsp3) is 0.278. The molecule has 1 atom stereocenters. The maximum atomic E-state index is 4.62. The van der Waals surface area contributed by atoms with Crippen LogP contribution in [0.3, 0.4) is 0 Å². The van der Waals surface area contributed by atoms with Crippen molar-refractivity contribution in [2.24, 2.45) is 5.92 Å². The van der Waals surface area contributed by atoms with Crippen LogP contribution in [0.4, 0.5) is 0 Å². The molecule has 1 heterocycles. The van der Waals surface area contributed by atoms with E-state index in [-0.39, 0.29) is 0 Å². The Balaban J connectivity index is 1.89. The maximum Gasteiger partial charge on any atom is 0.0487 e. The van der Waals surface area contributed by atoms with Gasteiger partial charge in [0.1, 0.15) is 0 Å². The zero-order valence-corrected chi connectivity index (χ0v) is 11.1. The van der Waals surface area contributed by atoms with Crippen LogP contribution in [-0.4, -0.2) is 4.98 Å². The van der Waals surface area contributed by atoms with E-state index in [0.29, 0.717) is 5.92 Å². The van der Waals surface area contributed by atoms with Gasteiger partial charge in [0.2, 0.25) is 0 Å². The van der Waals surface area contributed by atoms with E-state index in [9.17, 15) is 0 Å². The fourth-order valence-electron chi connectivity index (χ4n) is 2.78. The van der Waals surface area contributed by atoms with Gasteiger partial charge in [-0.3, -0.25) is 4.98 Å². The van der Waals surface area contributed by atoms with Crippen LogP contribution < -0.4 is 0 Å². The van der Waals surface area contributed by atoms with Crippen LogP contribution in [0, 0.1) is 5.92 Å². The topological polar surface area (TPSA) is 12.9 Å². The Bertz CT molecular complexity index is 557. The van der Waals surface area contributed by atoms with Gasteiger partial charge in [0.15, 0.2) is 0 Å². The smallest absolute Gasteiger partial charge is 0.0487 e. The minimum absolute atomic E-state index is 0.658. The van der Waals surface area contributed by atoms with E-state index in [1.165, 1.54) is 36.1 Å². The number of nitrogens with zero attached hydrogens (tertiary/aromatic N) is 1. The molecule has 0 saturated heterocycles. The first kappa shape index (κ1) is 12.2. The van der Waals surface area contributed by atoms with Gasteiger partial charge in [-0.05, 0) is 43.2 Å². The van der Waals surface area contributed by atoms with Crippen molar-refractivity contribution in [2.75, 3.05) is 0 Å². The average molecular weight is 249 g/mol. The summed E-state index contributed by atoms with van der Waals surface area (Å²) in [5, 5.41) is 0. The third kappa shape index (κ3) is 2.93. The third-order valence-electron chi connectivity index (χ3n) is 3.78. The molecule has 1 aliphatic carbocycles. The Morgan fingerprint density at radius 2 is 1.95 bits per heavy atom. The molecule has 0 amide bonds.